The van der Waals surface area contributed by atoms with Crippen LogP contribution in [0.25, 0.3) is 0 Å². The highest BCUT2D eigenvalue weighted by molar-refractivity contribution is 6.36. The Morgan fingerprint density at radius 2 is 1.75 bits per heavy atom. The third kappa shape index (κ3) is 3.87. The Morgan fingerprint density at radius 3 is 2.40 bits per heavy atom. The summed E-state index contributed by atoms with van der Waals surface area (Å²) >= 11 is 11.7. The molecule has 0 heterocycles. The van der Waals surface area contributed by atoms with Gasteiger partial charge in [0.25, 0.3) is 5.91 Å². The fraction of sp³-hybridized carbons (Fsp3) is 0.429. The molecule has 0 radical (unpaired) electrons. The molecule has 0 atom stereocenters. The van der Waals surface area contributed by atoms with E-state index in [0.29, 0.717) is 5.02 Å². The fourth-order valence-electron chi connectivity index (χ4n) is 2.33. The van der Waals surface area contributed by atoms with Gasteiger partial charge in [0.05, 0.1) is 10.6 Å². The van der Waals surface area contributed by atoms with Crippen molar-refractivity contribution in [3.05, 3.63) is 33.8 Å². The van der Waals surface area contributed by atoms with Crippen molar-refractivity contribution in [2.75, 3.05) is 0 Å². The first-order valence-corrected chi connectivity index (χ1v) is 7.39. The number of nitrogens with one attached hydrogen (secondary N) is 2. The van der Waals surface area contributed by atoms with Crippen LogP contribution >= 0.6 is 23.2 Å². The summed E-state index contributed by atoms with van der Waals surface area (Å²) in [6, 6.07) is 4.58. The third-order valence-electron chi connectivity index (χ3n) is 3.45. The Morgan fingerprint density at radius 1 is 1.05 bits per heavy atom. The minimum Gasteiger partial charge on any atom is -0.273 e. The lowest BCUT2D eigenvalue weighted by Crippen LogP contribution is -2.45. The second-order valence-electron chi connectivity index (χ2n) is 4.90. The van der Waals surface area contributed by atoms with Gasteiger partial charge in [0, 0.05) is 10.9 Å². The Bertz CT molecular complexity index is 514. The Hall–Kier alpha value is -1.26. The molecule has 2 amide bonds. The SMILES string of the molecule is O=C(NNC(=O)C1CCCCC1)c1ccc(Cl)cc1Cl. The van der Waals surface area contributed by atoms with Crippen molar-refractivity contribution in [2.45, 2.75) is 32.1 Å². The average Bonchev–Trinajstić information content (AvgIpc) is 2.45. The molecule has 1 aliphatic rings. The molecule has 0 bridgehead atoms. The van der Waals surface area contributed by atoms with Crippen LogP contribution in [0.1, 0.15) is 42.5 Å². The largest absolute Gasteiger partial charge is 0.273 e. The van der Waals surface area contributed by atoms with Crippen molar-refractivity contribution in [2.24, 2.45) is 5.92 Å². The smallest absolute Gasteiger partial charge is 0.271 e. The van der Waals surface area contributed by atoms with Crippen LogP contribution in [0.3, 0.4) is 0 Å². The summed E-state index contributed by atoms with van der Waals surface area (Å²) in [5.41, 5.74) is 5.13. The molecule has 2 rings (SSSR count). The number of halogens is 2. The molecule has 1 saturated carbocycles. The molecule has 20 heavy (non-hydrogen) atoms. The van der Waals surface area contributed by atoms with Crippen LogP contribution in [-0.2, 0) is 4.79 Å². The van der Waals surface area contributed by atoms with E-state index in [1.165, 1.54) is 18.6 Å². The van der Waals surface area contributed by atoms with E-state index in [1.807, 2.05) is 0 Å². The summed E-state index contributed by atoms with van der Waals surface area (Å²) in [5, 5.41) is 0.708. The zero-order valence-corrected chi connectivity index (χ0v) is 12.4. The first kappa shape index (κ1) is 15.1. The van der Waals surface area contributed by atoms with E-state index in [1.54, 1.807) is 6.07 Å². The summed E-state index contributed by atoms with van der Waals surface area (Å²) < 4.78 is 0. The van der Waals surface area contributed by atoms with E-state index in [4.69, 9.17) is 23.2 Å². The maximum atomic E-state index is 11.9. The van der Waals surface area contributed by atoms with Crippen LogP contribution < -0.4 is 10.9 Å². The second-order valence-corrected chi connectivity index (χ2v) is 5.75. The highest BCUT2D eigenvalue weighted by Gasteiger charge is 2.21. The Labute approximate surface area is 127 Å². The van der Waals surface area contributed by atoms with Gasteiger partial charge in [-0.1, -0.05) is 42.5 Å². The normalized spacial score (nSPS) is 15.7. The van der Waals surface area contributed by atoms with Crippen molar-refractivity contribution >= 4 is 35.0 Å². The summed E-state index contributed by atoms with van der Waals surface area (Å²) in [4.78, 5) is 23.8. The van der Waals surface area contributed by atoms with E-state index >= 15 is 0 Å². The minimum absolute atomic E-state index is 0.00950. The first-order chi connectivity index (χ1) is 9.58. The maximum Gasteiger partial charge on any atom is 0.271 e. The van der Waals surface area contributed by atoms with E-state index in [9.17, 15) is 9.59 Å². The Kier molecular flexibility index (Phi) is 5.26. The highest BCUT2D eigenvalue weighted by Crippen LogP contribution is 2.23. The fourth-order valence-corrected chi connectivity index (χ4v) is 2.82. The quantitative estimate of drug-likeness (QED) is 0.823. The Balaban J connectivity index is 1.89. The molecule has 108 valence electrons. The lowest BCUT2D eigenvalue weighted by Gasteiger charge is -2.20. The maximum absolute atomic E-state index is 11.9. The lowest BCUT2D eigenvalue weighted by molar-refractivity contribution is -0.126. The zero-order chi connectivity index (χ0) is 14.5. The summed E-state index contributed by atoms with van der Waals surface area (Å²) in [5.74, 6) is -0.594. The van der Waals surface area contributed by atoms with Crippen LogP contribution in [0.4, 0.5) is 0 Å². The van der Waals surface area contributed by atoms with Gasteiger partial charge in [0.1, 0.15) is 0 Å². The van der Waals surface area contributed by atoms with Gasteiger partial charge < -0.3 is 0 Å². The van der Waals surface area contributed by atoms with Crippen molar-refractivity contribution in [3.8, 4) is 0 Å². The standard InChI is InChI=1S/C14H16Cl2N2O2/c15-10-6-7-11(12(16)8-10)14(20)18-17-13(19)9-4-2-1-3-5-9/h6-9H,1-5H2,(H,17,19)(H,18,20). The number of carbonyl (C=O) groups is 2. The molecule has 6 heteroatoms. The predicted octanol–water partition coefficient (Wildman–Crippen LogP) is 3.33. The van der Waals surface area contributed by atoms with Gasteiger partial charge in [0.15, 0.2) is 0 Å². The van der Waals surface area contributed by atoms with Crippen molar-refractivity contribution < 1.29 is 9.59 Å². The monoisotopic (exact) mass is 314 g/mol. The van der Waals surface area contributed by atoms with Gasteiger partial charge in [-0.25, -0.2) is 0 Å². The molecule has 2 N–H and O–H groups in total. The van der Waals surface area contributed by atoms with Crippen molar-refractivity contribution in [1.29, 1.82) is 0 Å². The molecule has 1 aromatic rings. The van der Waals surface area contributed by atoms with Gasteiger partial charge in [-0.3, -0.25) is 20.4 Å². The topological polar surface area (TPSA) is 58.2 Å². The molecular formula is C14H16Cl2N2O2. The lowest BCUT2D eigenvalue weighted by atomic mass is 9.89. The number of benzene rings is 1. The number of amides is 2. The number of hydrogen-bond acceptors (Lipinski definition) is 2. The summed E-state index contributed by atoms with van der Waals surface area (Å²) in [6.07, 6.45) is 5.06. The number of hydrazine groups is 1. The average molecular weight is 315 g/mol. The molecule has 0 aliphatic heterocycles. The number of carbonyl (C=O) groups excluding carboxylic acids is 2. The van der Waals surface area contributed by atoms with E-state index in [-0.39, 0.29) is 22.4 Å². The van der Waals surface area contributed by atoms with Crippen LogP contribution in [-0.4, -0.2) is 11.8 Å². The van der Waals surface area contributed by atoms with Crippen molar-refractivity contribution in [1.82, 2.24) is 10.9 Å². The molecule has 0 unspecified atom stereocenters. The van der Waals surface area contributed by atoms with E-state index in [0.717, 1.165) is 25.7 Å². The van der Waals surface area contributed by atoms with Gasteiger partial charge >= 0.3 is 0 Å². The minimum atomic E-state index is -0.448. The van der Waals surface area contributed by atoms with E-state index < -0.39 is 5.91 Å². The van der Waals surface area contributed by atoms with Crippen LogP contribution in [0.15, 0.2) is 18.2 Å². The molecular weight excluding hydrogens is 299 g/mol. The predicted molar refractivity (Wildman–Crippen MR) is 78.6 cm³/mol. The highest BCUT2D eigenvalue weighted by atomic mass is 35.5. The van der Waals surface area contributed by atoms with Gasteiger partial charge in [-0.15, -0.1) is 0 Å². The van der Waals surface area contributed by atoms with Crippen LogP contribution in [0.5, 0.6) is 0 Å². The molecule has 0 aromatic heterocycles. The first-order valence-electron chi connectivity index (χ1n) is 6.63. The van der Waals surface area contributed by atoms with Gasteiger partial charge in [-0.05, 0) is 31.0 Å². The molecule has 0 saturated heterocycles. The molecule has 4 nitrogen and oxygen atoms in total. The molecule has 0 spiro atoms. The number of rotatable bonds is 2. The zero-order valence-electron chi connectivity index (χ0n) is 10.9. The summed E-state index contributed by atoms with van der Waals surface area (Å²) in [7, 11) is 0. The van der Waals surface area contributed by atoms with Crippen LogP contribution in [0, 0.1) is 5.92 Å². The third-order valence-corrected chi connectivity index (χ3v) is 4.00. The summed E-state index contributed by atoms with van der Waals surface area (Å²) in [6.45, 7) is 0. The van der Waals surface area contributed by atoms with Gasteiger partial charge in [0.2, 0.25) is 5.91 Å². The number of hydrogen-bond donors (Lipinski definition) is 2. The van der Waals surface area contributed by atoms with Gasteiger partial charge in [-0.2, -0.15) is 0 Å². The molecule has 1 aliphatic carbocycles. The molecule has 1 fully saturated rings. The van der Waals surface area contributed by atoms with Crippen molar-refractivity contribution in [3.63, 3.8) is 0 Å². The van der Waals surface area contributed by atoms with E-state index in [2.05, 4.69) is 10.9 Å². The second kappa shape index (κ2) is 6.95. The van der Waals surface area contributed by atoms with Crippen LogP contribution in [0.2, 0.25) is 10.0 Å². The molecule has 1 aromatic carbocycles.